The zero-order chi connectivity index (χ0) is 20.2. The number of nitriles is 1. The van der Waals surface area contributed by atoms with E-state index in [9.17, 15) is 14.0 Å². The van der Waals surface area contributed by atoms with E-state index < -0.39 is 18.2 Å². The Bertz CT molecular complexity index is 1100. The number of piperidine rings is 1. The van der Waals surface area contributed by atoms with E-state index in [4.69, 9.17) is 5.11 Å². The number of aliphatic hydroxyl groups is 1. The quantitative estimate of drug-likeness (QED) is 0.625. The molecule has 3 saturated heterocycles. The summed E-state index contributed by atoms with van der Waals surface area (Å²) in [5.41, 5.74) is 1.21. The van der Waals surface area contributed by atoms with Crippen molar-refractivity contribution in [3.05, 3.63) is 41.9 Å². The Balaban J connectivity index is 1.55. The number of anilines is 1. The van der Waals surface area contributed by atoms with Crippen molar-refractivity contribution in [2.24, 2.45) is 0 Å². The van der Waals surface area contributed by atoms with Crippen molar-refractivity contribution in [3.8, 4) is 17.2 Å². The van der Waals surface area contributed by atoms with Crippen LogP contribution in [0.5, 0.6) is 0 Å². The molecule has 6 rings (SSSR count). The summed E-state index contributed by atoms with van der Waals surface area (Å²) in [4.78, 5) is 13.4. The van der Waals surface area contributed by atoms with Crippen LogP contribution in [-0.4, -0.2) is 51.8 Å². The van der Waals surface area contributed by atoms with E-state index in [0.717, 1.165) is 18.9 Å². The monoisotopic (exact) mass is 396 g/mol. The first kappa shape index (κ1) is 18.0. The topological polar surface area (TPSA) is 101 Å². The predicted molar refractivity (Wildman–Crippen MR) is 103 cm³/mol. The molecule has 3 aliphatic heterocycles. The summed E-state index contributed by atoms with van der Waals surface area (Å²) in [6.07, 6.45) is 4.21. The summed E-state index contributed by atoms with van der Waals surface area (Å²) in [6, 6.07) is 8.07. The van der Waals surface area contributed by atoms with Gasteiger partial charge in [-0.05, 0) is 24.6 Å². The number of aliphatic hydroxyl groups excluding tert-OH is 1. The molecule has 0 spiro atoms. The number of piperazine rings is 1. The molecule has 9 heteroatoms. The standard InChI is InChI=1S/C20H18F2N6O/c21-20(22,10-29)16-4-15-18(12(5-23)7-25-19(15)27-16)11-1-2-17(24-6-11)28-8-13-3-14(9-28)26-13/h1-2,4,6-7,13-14,26,29H,3,8-10H2,(H,25,27). The zero-order valence-corrected chi connectivity index (χ0v) is 15.4. The second-order valence-corrected chi connectivity index (χ2v) is 7.57. The first-order chi connectivity index (χ1) is 14.0. The third-order valence-electron chi connectivity index (χ3n) is 5.65. The van der Waals surface area contributed by atoms with Crippen molar-refractivity contribution in [2.45, 2.75) is 24.4 Å². The van der Waals surface area contributed by atoms with Crippen LogP contribution >= 0.6 is 0 Å². The first-order valence-electron chi connectivity index (χ1n) is 9.37. The number of alkyl halides is 2. The molecule has 3 aromatic heterocycles. The van der Waals surface area contributed by atoms with Crippen LogP contribution in [0.25, 0.3) is 22.2 Å². The second-order valence-electron chi connectivity index (χ2n) is 7.57. The third-order valence-corrected chi connectivity index (χ3v) is 5.65. The van der Waals surface area contributed by atoms with Crippen molar-refractivity contribution in [1.82, 2.24) is 20.3 Å². The number of hydrogen-bond donors (Lipinski definition) is 3. The molecule has 2 bridgehead atoms. The molecule has 3 fully saturated rings. The van der Waals surface area contributed by atoms with Crippen LogP contribution in [0, 0.1) is 11.3 Å². The van der Waals surface area contributed by atoms with Crippen molar-refractivity contribution >= 4 is 16.9 Å². The van der Waals surface area contributed by atoms with E-state index in [0.29, 0.717) is 28.6 Å². The average molecular weight is 396 g/mol. The van der Waals surface area contributed by atoms with Gasteiger partial charge in [0.1, 0.15) is 24.1 Å². The highest BCUT2D eigenvalue weighted by Crippen LogP contribution is 2.36. The largest absolute Gasteiger partial charge is 0.390 e. The molecular weight excluding hydrogens is 378 g/mol. The number of rotatable bonds is 4. The number of fused-ring (bicyclic) bond motifs is 3. The SMILES string of the molecule is N#Cc1cnc2[nH]c(C(F)(F)CO)cc2c1-c1ccc(N2CC3CC(C2)N3)nc1. The third kappa shape index (κ3) is 2.92. The van der Waals surface area contributed by atoms with Crippen molar-refractivity contribution in [1.29, 1.82) is 5.26 Å². The van der Waals surface area contributed by atoms with Gasteiger partial charge >= 0.3 is 5.92 Å². The van der Waals surface area contributed by atoms with Crippen LogP contribution in [0.2, 0.25) is 0 Å². The minimum Gasteiger partial charge on any atom is -0.390 e. The Morgan fingerprint density at radius 3 is 2.62 bits per heavy atom. The van der Waals surface area contributed by atoms with E-state index in [1.54, 1.807) is 6.20 Å². The van der Waals surface area contributed by atoms with Gasteiger partial charge < -0.3 is 20.3 Å². The van der Waals surface area contributed by atoms with Gasteiger partial charge in [0.25, 0.3) is 0 Å². The molecule has 0 saturated carbocycles. The Labute approximate surface area is 165 Å². The number of aromatic nitrogens is 3. The van der Waals surface area contributed by atoms with Crippen molar-refractivity contribution in [2.75, 3.05) is 24.6 Å². The van der Waals surface area contributed by atoms with Crippen LogP contribution in [0.4, 0.5) is 14.6 Å². The first-order valence-corrected chi connectivity index (χ1v) is 9.37. The number of H-pyrrole nitrogens is 1. The summed E-state index contributed by atoms with van der Waals surface area (Å²) in [7, 11) is 0. The Hall–Kier alpha value is -3.09. The fourth-order valence-electron chi connectivity index (χ4n) is 4.17. The molecule has 0 radical (unpaired) electrons. The van der Waals surface area contributed by atoms with E-state index in [1.165, 1.54) is 18.7 Å². The lowest BCUT2D eigenvalue weighted by atomic mass is 9.91. The van der Waals surface area contributed by atoms with Gasteiger partial charge in [-0.15, -0.1) is 0 Å². The molecule has 0 aliphatic carbocycles. The summed E-state index contributed by atoms with van der Waals surface area (Å²) >= 11 is 0. The Kier molecular flexibility index (Phi) is 4.01. The minimum absolute atomic E-state index is 0.230. The number of nitrogens with one attached hydrogen (secondary N) is 2. The lowest BCUT2D eigenvalue weighted by molar-refractivity contribution is -0.0586. The van der Waals surface area contributed by atoms with E-state index in [1.807, 2.05) is 12.1 Å². The molecule has 3 aromatic rings. The summed E-state index contributed by atoms with van der Waals surface area (Å²) < 4.78 is 27.9. The molecular formula is C20H18F2N6O. The lowest BCUT2D eigenvalue weighted by Crippen LogP contribution is -2.67. The molecule has 0 amide bonds. The normalized spacial score (nSPS) is 21.1. The van der Waals surface area contributed by atoms with Gasteiger partial charge in [-0.25, -0.2) is 9.97 Å². The second kappa shape index (κ2) is 6.47. The molecule has 6 heterocycles. The molecule has 0 aromatic carbocycles. The molecule has 148 valence electrons. The number of nitrogens with zero attached hydrogens (tertiary/aromatic N) is 4. The van der Waals surface area contributed by atoms with E-state index >= 15 is 0 Å². The van der Waals surface area contributed by atoms with Crippen LogP contribution in [0.3, 0.4) is 0 Å². The van der Waals surface area contributed by atoms with Crippen LogP contribution in [-0.2, 0) is 5.92 Å². The summed E-state index contributed by atoms with van der Waals surface area (Å²) in [6.45, 7) is 0.496. The van der Waals surface area contributed by atoms with Crippen LogP contribution < -0.4 is 10.2 Å². The number of pyridine rings is 2. The molecule has 7 nitrogen and oxygen atoms in total. The van der Waals surface area contributed by atoms with Gasteiger partial charge in [-0.3, -0.25) is 0 Å². The minimum atomic E-state index is -3.42. The fraction of sp³-hybridized carbons (Fsp3) is 0.350. The maximum atomic E-state index is 13.9. The Morgan fingerprint density at radius 2 is 2.00 bits per heavy atom. The maximum absolute atomic E-state index is 13.9. The number of halogens is 2. The van der Waals surface area contributed by atoms with Gasteiger partial charge in [0.05, 0.1) is 11.3 Å². The highest BCUT2D eigenvalue weighted by molar-refractivity contribution is 5.96. The predicted octanol–water partition coefficient (Wildman–Crippen LogP) is 2.13. The Morgan fingerprint density at radius 1 is 1.24 bits per heavy atom. The fourth-order valence-corrected chi connectivity index (χ4v) is 4.17. The highest BCUT2D eigenvalue weighted by Gasteiger charge is 2.37. The maximum Gasteiger partial charge on any atom is 0.310 e. The lowest BCUT2D eigenvalue weighted by Gasteiger charge is -2.48. The molecule has 29 heavy (non-hydrogen) atoms. The van der Waals surface area contributed by atoms with Gasteiger partial charge in [0, 0.05) is 54.1 Å². The average Bonchev–Trinajstić information content (AvgIpc) is 3.18. The summed E-state index contributed by atoms with van der Waals surface area (Å²) in [5.74, 6) is -2.56. The molecule has 2 unspecified atom stereocenters. The van der Waals surface area contributed by atoms with Gasteiger partial charge in [0.2, 0.25) is 0 Å². The zero-order valence-electron chi connectivity index (χ0n) is 15.4. The van der Waals surface area contributed by atoms with Crippen LogP contribution in [0.1, 0.15) is 17.7 Å². The van der Waals surface area contributed by atoms with Gasteiger partial charge in [-0.2, -0.15) is 14.0 Å². The van der Waals surface area contributed by atoms with Crippen molar-refractivity contribution < 1.29 is 13.9 Å². The van der Waals surface area contributed by atoms with Crippen LogP contribution in [0.15, 0.2) is 30.6 Å². The summed E-state index contributed by atoms with van der Waals surface area (Å²) in [5, 5.41) is 22.4. The van der Waals surface area contributed by atoms with Crippen molar-refractivity contribution in [3.63, 3.8) is 0 Å². The number of hydrogen-bond acceptors (Lipinski definition) is 6. The smallest absolute Gasteiger partial charge is 0.310 e. The van der Waals surface area contributed by atoms with E-state index in [-0.39, 0.29) is 11.2 Å². The molecule has 3 N–H and O–H groups in total. The molecule has 3 aliphatic rings. The number of aromatic amines is 1. The molecule has 2 atom stereocenters. The van der Waals surface area contributed by atoms with Gasteiger partial charge in [0.15, 0.2) is 0 Å². The highest BCUT2D eigenvalue weighted by atomic mass is 19.3. The van der Waals surface area contributed by atoms with Gasteiger partial charge in [-0.1, -0.05) is 0 Å². The van der Waals surface area contributed by atoms with E-state index in [2.05, 4.69) is 31.2 Å².